The van der Waals surface area contributed by atoms with E-state index in [1.807, 2.05) is 17.9 Å². The Morgan fingerprint density at radius 1 is 1.16 bits per heavy atom. The number of aryl methyl sites for hydroxylation is 1. The van der Waals surface area contributed by atoms with Gasteiger partial charge in [-0.05, 0) is 31.7 Å². The van der Waals surface area contributed by atoms with Gasteiger partial charge in [-0.1, -0.05) is 0 Å². The number of anilines is 1. The van der Waals surface area contributed by atoms with Crippen molar-refractivity contribution in [2.75, 3.05) is 24.6 Å². The highest BCUT2D eigenvalue weighted by Gasteiger charge is 2.33. The van der Waals surface area contributed by atoms with Crippen molar-refractivity contribution >= 4 is 5.82 Å². The number of alkyl halides is 3. The van der Waals surface area contributed by atoms with Crippen LogP contribution in [-0.2, 0) is 6.18 Å². The van der Waals surface area contributed by atoms with Gasteiger partial charge in [0.2, 0.25) is 5.88 Å². The largest absolute Gasteiger partial charge is 0.476 e. The van der Waals surface area contributed by atoms with Crippen LogP contribution < -0.4 is 9.64 Å². The van der Waals surface area contributed by atoms with Crippen molar-refractivity contribution in [2.24, 2.45) is 5.92 Å². The first-order chi connectivity index (χ1) is 11.9. The minimum Gasteiger partial charge on any atom is -0.476 e. The number of aromatic nitrogens is 4. The third-order valence-corrected chi connectivity index (χ3v) is 4.12. The molecule has 2 aromatic heterocycles. The van der Waals surface area contributed by atoms with Gasteiger partial charge in [0.05, 0.1) is 12.3 Å². The quantitative estimate of drug-likeness (QED) is 0.842. The van der Waals surface area contributed by atoms with Crippen LogP contribution in [0.4, 0.5) is 19.0 Å². The highest BCUT2D eigenvalue weighted by atomic mass is 19.4. The molecule has 134 valence electrons. The molecule has 0 bridgehead atoms. The molecule has 0 radical (unpaired) electrons. The van der Waals surface area contributed by atoms with Crippen molar-refractivity contribution in [3.63, 3.8) is 0 Å². The minimum absolute atomic E-state index is 0.311. The molecule has 0 saturated carbocycles. The van der Waals surface area contributed by atoms with E-state index in [9.17, 15) is 13.2 Å². The van der Waals surface area contributed by atoms with Crippen LogP contribution in [0.15, 0.2) is 24.5 Å². The van der Waals surface area contributed by atoms with E-state index in [0.29, 0.717) is 37.3 Å². The predicted octanol–water partition coefficient (Wildman–Crippen LogP) is 2.89. The Morgan fingerprint density at radius 3 is 2.56 bits per heavy atom. The van der Waals surface area contributed by atoms with Crippen LogP contribution in [0.3, 0.4) is 0 Å². The van der Waals surface area contributed by atoms with Crippen molar-refractivity contribution in [3.05, 3.63) is 35.9 Å². The van der Waals surface area contributed by atoms with Crippen LogP contribution in [-0.4, -0.2) is 39.9 Å². The Bertz CT molecular complexity index is 700. The maximum atomic E-state index is 12.7. The maximum absolute atomic E-state index is 12.7. The van der Waals surface area contributed by atoms with Crippen LogP contribution in [0.2, 0.25) is 0 Å². The lowest BCUT2D eigenvalue weighted by atomic mass is 9.98. The molecule has 0 aromatic carbocycles. The standard InChI is InChI=1S/C16H18F3N5O/c1-11-2-3-15(23-22-11)25-9-12-4-6-24(7-5-12)14-8-13(16(17,18)19)20-10-21-14/h2-3,8,10,12H,4-7,9H2,1H3. The van der Waals surface area contributed by atoms with Gasteiger partial charge in [0.1, 0.15) is 17.8 Å². The van der Waals surface area contributed by atoms with Crippen molar-refractivity contribution in [1.29, 1.82) is 0 Å². The number of rotatable bonds is 4. The first-order valence-corrected chi connectivity index (χ1v) is 7.99. The molecule has 0 spiro atoms. The third-order valence-electron chi connectivity index (χ3n) is 4.12. The van der Waals surface area contributed by atoms with Crippen molar-refractivity contribution < 1.29 is 17.9 Å². The smallest absolute Gasteiger partial charge is 0.433 e. The van der Waals surface area contributed by atoms with E-state index in [2.05, 4.69) is 20.2 Å². The first-order valence-electron chi connectivity index (χ1n) is 7.99. The van der Waals surface area contributed by atoms with Gasteiger partial charge in [0.15, 0.2) is 0 Å². The molecule has 1 aliphatic heterocycles. The number of nitrogens with zero attached hydrogens (tertiary/aromatic N) is 5. The lowest BCUT2D eigenvalue weighted by Gasteiger charge is -2.32. The molecule has 2 aromatic rings. The van der Waals surface area contributed by atoms with Gasteiger partial charge in [-0.3, -0.25) is 0 Å². The van der Waals surface area contributed by atoms with Crippen molar-refractivity contribution in [2.45, 2.75) is 25.9 Å². The second-order valence-corrected chi connectivity index (χ2v) is 6.01. The van der Waals surface area contributed by atoms with Crippen LogP contribution in [0.25, 0.3) is 0 Å². The van der Waals surface area contributed by atoms with E-state index in [-0.39, 0.29) is 0 Å². The average molecular weight is 353 g/mol. The Labute approximate surface area is 143 Å². The van der Waals surface area contributed by atoms with E-state index in [1.54, 1.807) is 6.07 Å². The van der Waals surface area contributed by atoms with Gasteiger partial charge < -0.3 is 9.64 Å². The molecule has 0 unspecified atom stereocenters. The van der Waals surface area contributed by atoms with E-state index in [1.165, 1.54) is 0 Å². The van der Waals surface area contributed by atoms with Gasteiger partial charge in [-0.2, -0.15) is 18.3 Å². The molecule has 3 heterocycles. The van der Waals surface area contributed by atoms with E-state index >= 15 is 0 Å². The van der Waals surface area contributed by atoms with Crippen LogP contribution in [0.5, 0.6) is 5.88 Å². The summed E-state index contributed by atoms with van der Waals surface area (Å²) in [5.74, 6) is 1.12. The Kier molecular flexibility index (Phi) is 5.00. The Morgan fingerprint density at radius 2 is 1.92 bits per heavy atom. The molecular weight excluding hydrogens is 335 g/mol. The fourth-order valence-electron chi connectivity index (χ4n) is 2.67. The Hall–Kier alpha value is -2.45. The summed E-state index contributed by atoms with van der Waals surface area (Å²) in [5, 5.41) is 7.89. The molecule has 0 N–H and O–H groups in total. The minimum atomic E-state index is -4.46. The summed E-state index contributed by atoms with van der Waals surface area (Å²) in [6, 6.07) is 4.61. The highest BCUT2D eigenvalue weighted by molar-refractivity contribution is 5.39. The van der Waals surface area contributed by atoms with Crippen LogP contribution in [0, 0.1) is 12.8 Å². The zero-order valence-corrected chi connectivity index (χ0v) is 13.7. The normalized spacial score (nSPS) is 16.1. The number of hydrogen-bond donors (Lipinski definition) is 0. The average Bonchev–Trinajstić information content (AvgIpc) is 2.61. The lowest BCUT2D eigenvalue weighted by Crippen LogP contribution is -2.36. The number of piperidine rings is 1. The third kappa shape index (κ3) is 4.55. The molecule has 3 rings (SSSR count). The topological polar surface area (TPSA) is 64.0 Å². The number of hydrogen-bond acceptors (Lipinski definition) is 6. The summed E-state index contributed by atoms with van der Waals surface area (Å²) in [4.78, 5) is 9.11. The fourth-order valence-corrected chi connectivity index (χ4v) is 2.67. The summed E-state index contributed by atoms with van der Waals surface area (Å²) in [5.41, 5.74) is -0.0929. The molecule has 25 heavy (non-hydrogen) atoms. The summed E-state index contributed by atoms with van der Waals surface area (Å²) >= 11 is 0. The van der Waals surface area contributed by atoms with E-state index in [4.69, 9.17) is 4.74 Å². The zero-order valence-electron chi connectivity index (χ0n) is 13.7. The van der Waals surface area contributed by atoms with Gasteiger partial charge in [-0.15, -0.1) is 5.10 Å². The molecule has 6 nitrogen and oxygen atoms in total. The SMILES string of the molecule is Cc1ccc(OCC2CCN(c3cc(C(F)(F)F)ncn3)CC2)nn1. The number of ether oxygens (including phenoxy) is 1. The molecule has 0 amide bonds. The van der Waals surface area contributed by atoms with Gasteiger partial charge in [-0.25, -0.2) is 9.97 Å². The molecular formula is C16H18F3N5O. The molecule has 0 aliphatic carbocycles. The van der Waals surface area contributed by atoms with Crippen LogP contribution >= 0.6 is 0 Å². The number of halogens is 3. The summed E-state index contributed by atoms with van der Waals surface area (Å²) in [6.07, 6.45) is -1.88. The zero-order chi connectivity index (χ0) is 17.9. The second kappa shape index (κ2) is 7.20. The summed E-state index contributed by atoms with van der Waals surface area (Å²) in [6.45, 7) is 3.62. The van der Waals surface area contributed by atoms with Crippen molar-refractivity contribution in [3.8, 4) is 5.88 Å². The highest BCUT2D eigenvalue weighted by Crippen LogP contribution is 2.30. The Balaban J connectivity index is 1.52. The second-order valence-electron chi connectivity index (χ2n) is 6.01. The maximum Gasteiger partial charge on any atom is 0.433 e. The fraction of sp³-hybridized carbons (Fsp3) is 0.500. The predicted molar refractivity (Wildman–Crippen MR) is 84.2 cm³/mol. The van der Waals surface area contributed by atoms with Gasteiger partial charge in [0.25, 0.3) is 0 Å². The first kappa shape index (κ1) is 17.4. The molecule has 1 fully saturated rings. The summed E-state index contributed by atoms with van der Waals surface area (Å²) in [7, 11) is 0. The van der Waals surface area contributed by atoms with Gasteiger partial charge in [0, 0.05) is 25.2 Å². The monoisotopic (exact) mass is 353 g/mol. The van der Waals surface area contributed by atoms with Crippen LogP contribution in [0.1, 0.15) is 24.2 Å². The molecule has 0 atom stereocenters. The molecule has 9 heteroatoms. The van der Waals surface area contributed by atoms with Crippen molar-refractivity contribution in [1.82, 2.24) is 20.2 Å². The van der Waals surface area contributed by atoms with Gasteiger partial charge >= 0.3 is 6.18 Å². The molecule has 1 aliphatic rings. The molecule has 1 saturated heterocycles. The lowest BCUT2D eigenvalue weighted by molar-refractivity contribution is -0.141. The summed E-state index contributed by atoms with van der Waals surface area (Å²) < 4.78 is 43.9. The van der Waals surface area contributed by atoms with E-state index < -0.39 is 11.9 Å². The van der Waals surface area contributed by atoms with E-state index in [0.717, 1.165) is 30.9 Å².